The molecular weight excluding hydrogens is 178 g/mol. The monoisotopic (exact) mass is 191 g/mol. The van der Waals surface area contributed by atoms with Crippen molar-refractivity contribution in [3.8, 4) is 11.8 Å². The Morgan fingerprint density at radius 3 is 2.93 bits per heavy atom. The van der Waals surface area contributed by atoms with Crippen molar-refractivity contribution in [1.29, 1.82) is 5.26 Å². The molecule has 0 aliphatic carbocycles. The van der Waals surface area contributed by atoms with Crippen LogP contribution in [0, 0.1) is 11.3 Å². The number of benzene rings is 1. The van der Waals surface area contributed by atoms with Crippen molar-refractivity contribution in [2.24, 2.45) is 5.73 Å². The molecule has 0 aromatic heterocycles. The van der Waals surface area contributed by atoms with E-state index in [2.05, 4.69) is 11.4 Å². The van der Waals surface area contributed by atoms with Crippen LogP contribution in [-0.4, -0.2) is 20.2 Å². The number of nitriles is 1. The number of anilines is 1. The van der Waals surface area contributed by atoms with Gasteiger partial charge in [0.15, 0.2) is 0 Å². The highest BCUT2D eigenvalue weighted by atomic mass is 16.5. The van der Waals surface area contributed by atoms with Gasteiger partial charge in [0.2, 0.25) is 0 Å². The predicted octanol–water partition coefficient (Wildman–Crippen LogP) is 0.937. The fourth-order valence-electron chi connectivity index (χ4n) is 1.12. The lowest BCUT2D eigenvalue weighted by Crippen LogP contribution is -2.13. The highest BCUT2D eigenvalue weighted by Crippen LogP contribution is 2.24. The van der Waals surface area contributed by atoms with Crippen LogP contribution in [0.4, 0.5) is 5.69 Å². The van der Waals surface area contributed by atoms with Gasteiger partial charge in [0.05, 0.1) is 24.4 Å². The first kappa shape index (κ1) is 10.4. The summed E-state index contributed by atoms with van der Waals surface area (Å²) in [7, 11) is 1.59. The fourth-order valence-corrected chi connectivity index (χ4v) is 1.12. The zero-order valence-electron chi connectivity index (χ0n) is 8.08. The lowest BCUT2D eigenvalue weighted by atomic mass is 10.2. The van der Waals surface area contributed by atoms with Crippen LogP contribution in [0.25, 0.3) is 0 Å². The number of hydrogen-bond donors (Lipinski definition) is 2. The van der Waals surface area contributed by atoms with Crippen LogP contribution < -0.4 is 15.8 Å². The van der Waals surface area contributed by atoms with Crippen LogP contribution in [0.3, 0.4) is 0 Å². The molecule has 0 bridgehead atoms. The summed E-state index contributed by atoms with van der Waals surface area (Å²) in [6.07, 6.45) is 0. The summed E-state index contributed by atoms with van der Waals surface area (Å²) in [4.78, 5) is 0. The molecule has 3 N–H and O–H groups in total. The van der Waals surface area contributed by atoms with Gasteiger partial charge in [-0.1, -0.05) is 0 Å². The smallest absolute Gasteiger partial charge is 0.142 e. The summed E-state index contributed by atoms with van der Waals surface area (Å²) in [5.74, 6) is 0.720. The Bertz CT molecular complexity index is 344. The average molecular weight is 191 g/mol. The number of nitrogens with one attached hydrogen (secondary N) is 1. The summed E-state index contributed by atoms with van der Waals surface area (Å²) in [6.45, 7) is 1.20. The summed E-state index contributed by atoms with van der Waals surface area (Å²) in [6, 6.07) is 7.29. The van der Waals surface area contributed by atoms with E-state index in [4.69, 9.17) is 15.7 Å². The number of rotatable bonds is 4. The molecule has 0 aliphatic rings. The molecule has 4 heteroatoms. The Kier molecular flexibility index (Phi) is 3.77. The number of ether oxygens (including phenoxy) is 1. The summed E-state index contributed by atoms with van der Waals surface area (Å²) in [5.41, 5.74) is 6.78. The van der Waals surface area contributed by atoms with Crippen molar-refractivity contribution < 1.29 is 4.74 Å². The maximum Gasteiger partial charge on any atom is 0.142 e. The Labute approximate surface area is 83.3 Å². The largest absolute Gasteiger partial charge is 0.495 e. The number of nitrogens with two attached hydrogens (primary N) is 1. The molecule has 0 aliphatic heterocycles. The lowest BCUT2D eigenvalue weighted by molar-refractivity contribution is 0.416. The minimum Gasteiger partial charge on any atom is -0.495 e. The first-order valence-electron chi connectivity index (χ1n) is 4.34. The van der Waals surface area contributed by atoms with Crippen molar-refractivity contribution >= 4 is 5.69 Å². The van der Waals surface area contributed by atoms with Crippen molar-refractivity contribution in [3.05, 3.63) is 23.8 Å². The van der Waals surface area contributed by atoms with E-state index in [0.717, 1.165) is 11.4 Å². The van der Waals surface area contributed by atoms with E-state index in [1.165, 1.54) is 0 Å². The summed E-state index contributed by atoms with van der Waals surface area (Å²) < 4.78 is 5.13. The van der Waals surface area contributed by atoms with Crippen LogP contribution >= 0.6 is 0 Å². The van der Waals surface area contributed by atoms with E-state index in [0.29, 0.717) is 18.7 Å². The molecule has 0 heterocycles. The molecule has 0 spiro atoms. The summed E-state index contributed by atoms with van der Waals surface area (Å²) in [5, 5.41) is 11.8. The van der Waals surface area contributed by atoms with Gasteiger partial charge in [0, 0.05) is 13.1 Å². The highest BCUT2D eigenvalue weighted by molar-refractivity contribution is 5.60. The van der Waals surface area contributed by atoms with Crippen molar-refractivity contribution in [3.63, 3.8) is 0 Å². The van der Waals surface area contributed by atoms with Crippen LogP contribution in [0.15, 0.2) is 18.2 Å². The third kappa shape index (κ3) is 2.38. The van der Waals surface area contributed by atoms with Gasteiger partial charge in [-0.2, -0.15) is 5.26 Å². The Morgan fingerprint density at radius 2 is 2.36 bits per heavy atom. The van der Waals surface area contributed by atoms with Crippen LogP contribution in [-0.2, 0) is 0 Å². The molecule has 0 radical (unpaired) electrons. The van der Waals surface area contributed by atoms with Crippen LogP contribution in [0.5, 0.6) is 5.75 Å². The number of nitrogens with zero attached hydrogens (tertiary/aromatic N) is 1. The maximum atomic E-state index is 8.71. The molecule has 1 aromatic carbocycles. The van der Waals surface area contributed by atoms with Gasteiger partial charge in [-0.3, -0.25) is 0 Å². The van der Waals surface area contributed by atoms with E-state index >= 15 is 0 Å². The SMILES string of the molecule is COc1ccc(C#N)cc1NCCN. The van der Waals surface area contributed by atoms with Gasteiger partial charge in [-0.15, -0.1) is 0 Å². The topological polar surface area (TPSA) is 71.1 Å². The molecule has 0 atom stereocenters. The second-order valence-corrected chi connectivity index (χ2v) is 2.74. The first-order chi connectivity index (χ1) is 6.81. The third-order valence-electron chi connectivity index (χ3n) is 1.79. The minimum absolute atomic E-state index is 0.542. The van der Waals surface area contributed by atoms with Gasteiger partial charge < -0.3 is 15.8 Å². The van der Waals surface area contributed by atoms with Crippen molar-refractivity contribution in [1.82, 2.24) is 0 Å². The van der Waals surface area contributed by atoms with Gasteiger partial charge >= 0.3 is 0 Å². The number of methoxy groups -OCH3 is 1. The average Bonchev–Trinajstić information content (AvgIpc) is 2.25. The molecule has 0 saturated heterocycles. The standard InChI is InChI=1S/C10H13N3O/c1-14-10-3-2-8(7-12)6-9(10)13-5-4-11/h2-3,6,13H,4-5,11H2,1H3. The Morgan fingerprint density at radius 1 is 1.57 bits per heavy atom. The normalized spacial score (nSPS) is 9.21. The second-order valence-electron chi connectivity index (χ2n) is 2.74. The Hall–Kier alpha value is -1.73. The molecule has 14 heavy (non-hydrogen) atoms. The predicted molar refractivity (Wildman–Crippen MR) is 55.3 cm³/mol. The van der Waals surface area contributed by atoms with Crippen LogP contribution in [0.2, 0.25) is 0 Å². The molecule has 0 saturated carbocycles. The Balaban J connectivity index is 2.91. The van der Waals surface area contributed by atoms with Crippen LogP contribution in [0.1, 0.15) is 5.56 Å². The van der Waals surface area contributed by atoms with E-state index in [-0.39, 0.29) is 0 Å². The van der Waals surface area contributed by atoms with Gasteiger partial charge in [-0.25, -0.2) is 0 Å². The number of hydrogen-bond acceptors (Lipinski definition) is 4. The maximum absolute atomic E-state index is 8.71. The highest BCUT2D eigenvalue weighted by Gasteiger charge is 2.02. The van der Waals surface area contributed by atoms with E-state index < -0.39 is 0 Å². The molecular formula is C10H13N3O. The summed E-state index contributed by atoms with van der Waals surface area (Å²) >= 11 is 0. The van der Waals surface area contributed by atoms with Gasteiger partial charge in [0.1, 0.15) is 5.75 Å². The second kappa shape index (κ2) is 5.10. The molecule has 74 valence electrons. The minimum atomic E-state index is 0.542. The molecule has 0 unspecified atom stereocenters. The molecule has 1 aromatic rings. The van der Waals surface area contributed by atoms with E-state index in [1.807, 2.05) is 0 Å². The van der Waals surface area contributed by atoms with E-state index in [9.17, 15) is 0 Å². The fraction of sp³-hybridized carbons (Fsp3) is 0.300. The molecule has 1 rings (SSSR count). The molecule has 0 fully saturated rings. The third-order valence-corrected chi connectivity index (χ3v) is 1.79. The van der Waals surface area contributed by atoms with Crippen molar-refractivity contribution in [2.45, 2.75) is 0 Å². The van der Waals surface area contributed by atoms with Gasteiger partial charge in [-0.05, 0) is 18.2 Å². The van der Waals surface area contributed by atoms with Crippen molar-refractivity contribution in [2.75, 3.05) is 25.5 Å². The first-order valence-corrected chi connectivity index (χ1v) is 4.34. The molecule has 4 nitrogen and oxygen atoms in total. The lowest BCUT2D eigenvalue weighted by Gasteiger charge is -2.10. The molecule has 0 amide bonds. The van der Waals surface area contributed by atoms with Gasteiger partial charge in [0.25, 0.3) is 0 Å². The zero-order valence-corrected chi connectivity index (χ0v) is 8.08. The zero-order chi connectivity index (χ0) is 10.4. The van der Waals surface area contributed by atoms with E-state index in [1.54, 1.807) is 25.3 Å². The quantitative estimate of drug-likeness (QED) is 0.743.